The van der Waals surface area contributed by atoms with Gasteiger partial charge in [-0.2, -0.15) is 5.10 Å². The minimum absolute atomic E-state index is 0.625. The average molecular weight is 396 g/mol. The van der Waals surface area contributed by atoms with Crippen LogP contribution < -0.4 is 14.9 Å². The summed E-state index contributed by atoms with van der Waals surface area (Å²) in [6, 6.07) is 13.9. The molecule has 0 heterocycles. The molecule has 0 unspecified atom stereocenters. The Morgan fingerprint density at radius 2 is 1.86 bits per heavy atom. The molecule has 21 heavy (non-hydrogen) atoms. The normalized spacial score (nSPS) is 10.6. The van der Waals surface area contributed by atoms with E-state index in [-0.39, 0.29) is 0 Å². The van der Waals surface area contributed by atoms with E-state index in [1.165, 1.54) is 3.57 Å². The average Bonchev–Trinajstić information content (AvgIpc) is 2.52. The van der Waals surface area contributed by atoms with Crippen LogP contribution in [0.15, 0.2) is 47.6 Å². The number of methoxy groups -OCH3 is 2. The summed E-state index contributed by atoms with van der Waals surface area (Å²) in [4.78, 5) is 0. The number of nitrogens with one attached hydrogen (secondary N) is 1. The maximum atomic E-state index is 5.28. The van der Waals surface area contributed by atoms with Crippen LogP contribution in [-0.4, -0.2) is 20.4 Å². The lowest BCUT2D eigenvalue weighted by atomic mass is 10.2. The van der Waals surface area contributed by atoms with E-state index in [2.05, 4.69) is 39.2 Å². The van der Waals surface area contributed by atoms with Gasteiger partial charge in [0.2, 0.25) is 0 Å². The van der Waals surface area contributed by atoms with Gasteiger partial charge in [0.1, 0.15) is 0 Å². The number of nitrogens with zero attached hydrogens (tertiary/aromatic N) is 1. The Kier molecular flexibility index (Phi) is 5.86. The molecule has 0 aliphatic heterocycles. The molecule has 0 aliphatic carbocycles. The fourth-order valence-corrected chi connectivity index (χ4v) is 2.35. The first-order chi connectivity index (χ1) is 10.2. The van der Waals surface area contributed by atoms with Crippen molar-refractivity contribution in [1.82, 2.24) is 5.43 Å². The van der Waals surface area contributed by atoms with Gasteiger partial charge < -0.3 is 14.9 Å². The molecular weight excluding hydrogens is 379 g/mol. The molecule has 1 N–H and O–H groups in total. The molecule has 110 valence electrons. The third-order valence-electron chi connectivity index (χ3n) is 2.93. The van der Waals surface area contributed by atoms with Gasteiger partial charge in [-0.05, 0) is 46.4 Å². The number of benzene rings is 2. The smallest absolute Gasteiger partial charge is 0.161 e. The van der Waals surface area contributed by atoms with Crippen molar-refractivity contribution in [1.29, 1.82) is 0 Å². The van der Waals surface area contributed by atoms with Crippen molar-refractivity contribution in [3.63, 3.8) is 0 Å². The number of ether oxygens (including phenoxy) is 2. The van der Waals surface area contributed by atoms with Crippen LogP contribution in [0.25, 0.3) is 0 Å². The molecular formula is C16H17IN2O2. The molecule has 0 amide bonds. The predicted molar refractivity (Wildman–Crippen MR) is 93.1 cm³/mol. The number of rotatable bonds is 6. The topological polar surface area (TPSA) is 42.8 Å². The fourth-order valence-electron chi connectivity index (χ4n) is 1.82. The number of hydrazone groups is 1. The Bertz CT molecular complexity index is 629. The van der Waals surface area contributed by atoms with Gasteiger partial charge in [-0.15, -0.1) is 0 Å². The van der Waals surface area contributed by atoms with Crippen LogP contribution in [-0.2, 0) is 6.54 Å². The molecule has 0 spiro atoms. The van der Waals surface area contributed by atoms with Gasteiger partial charge in [-0.1, -0.05) is 24.3 Å². The number of hydrogen-bond acceptors (Lipinski definition) is 4. The monoisotopic (exact) mass is 396 g/mol. The van der Waals surface area contributed by atoms with E-state index < -0.39 is 0 Å². The molecule has 0 bridgehead atoms. The second-order valence-electron chi connectivity index (χ2n) is 4.30. The van der Waals surface area contributed by atoms with Crippen LogP contribution in [0.5, 0.6) is 11.5 Å². The van der Waals surface area contributed by atoms with Crippen LogP contribution in [0, 0.1) is 3.57 Å². The molecule has 0 radical (unpaired) electrons. The maximum Gasteiger partial charge on any atom is 0.161 e. The minimum Gasteiger partial charge on any atom is -0.493 e. The number of hydrogen-bond donors (Lipinski definition) is 1. The quantitative estimate of drug-likeness (QED) is 0.462. The molecule has 0 aliphatic rings. The van der Waals surface area contributed by atoms with Gasteiger partial charge in [0, 0.05) is 9.13 Å². The molecule has 0 atom stereocenters. The Morgan fingerprint density at radius 3 is 2.57 bits per heavy atom. The highest BCUT2D eigenvalue weighted by Gasteiger charge is 2.03. The lowest BCUT2D eigenvalue weighted by Gasteiger charge is -2.09. The Hall–Kier alpha value is -1.76. The highest BCUT2D eigenvalue weighted by atomic mass is 127. The van der Waals surface area contributed by atoms with Crippen LogP contribution >= 0.6 is 22.6 Å². The van der Waals surface area contributed by atoms with E-state index in [0.717, 1.165) is 22.6 Å². The summed E-state index contributed by atoms with van der Waals surface area (Å²) < 4.78 is 11.7. The maximum absolute atomic E-state index is 5.28. The number of halogens is 1. The molecule has 0 saturated carbocycles. The minimum atomic E-state index is 0.625. The van der Waals surface area contributed by atoms with E-state index in [9.17, 15) is 0 Å². The zero-order chi connectivity index (χ0) is 15.1. The zero-order valence-electron chi connectivity index (χ0n) is 12.0. The van der Waals surface area contributed by atoms with E-state index in [0.29, 0.717) is 6.54 Å². The van der Waals surface area contributed by atoms with Gasteiger partial charge in [-0.25, -0.2) is 0 Å². The van der Waals surface area contributed by atoms with Crippen molar-refractivity contribution in [3.05, 3.63) is 57.2 Å². The van der Waals surface area contributed by atoms with Gasteiger partial charge in [-0.3, -0.25) is 0 Å². The zero-order valence-corrected chi connectivity index (χ0v) is 14.1. The van der Waals surface area contributed by atoms with E-state index >= 15 is 0 Å². The third kappa shape index (κ3) is 4.35. The van der Waals surface area contributed by atoms with Crippen LogP contribution in [0.1, 0.15) is 11.1 Å². The van der Waals surface area contributed by atoms with Gasteiger partial charge in [0.15, 0.2) is 11.5 Å². The molecule has 2 rings (SSSR count). The SMILES string of the molecule is COc1ccc(CN/N=C/c2ccccc2I)cc1OC. The van der Waals surface area contributed by atoms with Crippen molar-refractivity contribution in [2.45, 2.75) is 6.54 Å². The summed E-state index contributed by atoms with van der Waals surface area (Å²) in [6.45, 7) is 0.625. The third-order valence-corrected chi connectivity index (χ3v) is 3.91. The lowest BCUT2D eigenvalue weighted by molar-refractivity contribution is 0.354. The molecule has 0 aromatic heterocycles. The molecule has 4 nitrogen and oxygen atoms in total. The van der Waals surface area contributed by atoms with Gasteiger partial charge >= 0.3 is 0 Å². The van der Waals surface area contributed by atoms with Gasteiger partial charge in [0.25, 0.3) is 0 Å². The second-order valence-corrected chi connectivity index (χ2v) is 5.47. The fraction of sp³-hybridized carbons (Fsp3) is 0.188. The summed E-state index contributed by atoms with van der Waals surface area (Å²) >= 11 is 2.29. The van der Waals surface area contributed by atoms with E-state index in [1.54, 1.807) is 14.2 Å². The lowest BCUT2D eigenvalue weighted by Crippen LogP contribution is -2.06. The summed E-state index contributed by atoms with van der Waals surface area (Å²) in [6.07, 6.45) is 1.82. The summed E-state index contributed by atoms with van der Waals surface area (Å²) in [5.74, 6) is 1.45. The van der Waals surface area contributed by atoms with E-state index in [1.807, 2.05) is 42.6 Å². The molecule has 2 aromatic rings. The second kappa shape index (κ2) is 7.87. The molecule has 0 saturated heterocycles. The molecule has 0 fully saturated rings. The molecule has 2 aromatic carbocycles. The predicted octanol–water partition coefficient (Wildman–Crippen LogP) is 3.43. The van der Waals surface area contributed by atoms with Crippen molar-refractivity contribution < 1.29 is 9.47 Å². The largest absolute Gasteiger partial charge is 0.493 e. The Labute approximate surface area is 138 Å². The first-order valence-corrected chi connectivity index (χ1v) is 7.54. The van der Waals surface area contributed by atoms with Gasteiger partial charge in [0.05, 0.1) is 27.0 Å². The van der Waals surface area contributed by atoms with Crippen molar-refractivity contribution in [2.75, 3.05) is 14.2 Å². The van der Waals surface area contributed by atoms with Crippen LogP contribution in [0.3, 0.4) is 0 Å². The molecule has 5 heteroatoms. The van der Waals surface area contributed by atoms with E-state index in [4.69, 9.17) is 9.47 Å². The highest BCUT2D eigenvalue weighted by molar-refractivity contribution is 14.1. The van der Waals surface area contributed by atoms with Crippen molar-refractivity contribution >= 4 is 28.8 Å². The highest BCUT2D eigenvalue weighted by Crippen LogP contribution is 2.27. The van der Waals surface area contributed by atoms with Crippen molar-refractivity contribution in [3.8, 4) is 11.5 Å². The summed E-state index contributed by atoms with van der Waals surface area (Å²) in [5, 5.41) is 4.24. The first kappa shape index (κ1) is 15.6. The van der Waals surface area contributed by atoms with Crippen molar-refractivity contribution in [2.24, 2.45) is 5.10 Å². The summed E-state index contributed by atoms with van der Waals surface area (Å²) in [5.41, 5.74) is 5.21. The standard InChI is InChI=1S/C16H17IN2O2/c1-20-15-8-7-12(9-16(15)21-2)10-18-19-11-13-5-3-4-6-14(13)17/h3-9,11,18H,10H2,1-2H3/b19-11+. The Morgan fingerprint density at radius 1 is 1.10 bits per heavy atom. The first-order valence-electron chi connectivity index (χ1n) is 6.46. The summed E-state index contributed by atoms with van der Waals surface area (Å²) in [7, 11) is 3.26. The Balaban J connectivity index is 1.96. The van der Waals surface area contributed by atoms with Crippen LogP contribution in [0.4, 0.5) is 0 Å². The van der Waals surface area contributed by atoms with Crippen LogP contribution in [0.2, 0.25) is 0 Å².